The highest BCUT2D eigenvalue weighted by Gasteiger charge is 2.42. The predicted molar refractivity (Wildman–Crippen MR) is 106 cm³/mol. The molecule has 3 fully saturated rings. The van der Waals surface area contributed by atoms with Crippen molar-refractivity contribution in [3.63, 3.8) is 0 Å². The minimum Gasteiger partial charge on any atom is -0.351 e. The zero-order chi connectivity index (χ0) is 19.1. The van der Waals surface area contributed by atoms with E-state index in [1.807, 2.05) is 58.3 Å². The molecule has 0 saturated carbocycles. The van der Waals surface area contributed by atoms with Gasteiger partial charge in [-0.2, -0.15) is 0 Å². The van der Waals surface area contributed by atoms with Crippen molar-refractivity contribution in [2.75, 3.05) is 13.1 Å². The number of H-pyrrole nitrogens is 1. The number of aromatic amines is 1. The van der Waals surface area contributed by atoms with Gasteiger partial charge in [0.1, 0.15) is 5.69 Å². The van der Waals surface area contributed by atoms with Gasteiger partial charge in [-0.1, -0.05) is 24.3 Å². The summed E-state index contributed by atoms with van der Waals surface area (Å²) in [6, 6.07) is 15.6. The Hall–Kier alpha value is -3.15. The highest BCUT2D eigenvalue weighted by atomic mass is 16.2. The minimum atomic E-state index is -0.129. The van der Waals surface area contributed by atoms with Gasteiger partial charge in [0, 0.05) is 36.2 Å². The maximum Gasteiger partial charge on any atom is 0.270 e. The molecule has 2 bridgehead atoms. The second-order valence-electron chi connectivity index (χ2n) is 7.70. The van der Waals surface area contributed by atoms with E-state index in [9.17, 15) is 9.59 Å². The van der Waals surface area contributed by atoms with E-state index in [0.29, 0.717) is 25.3 Å². The number of aromatic nitrogens is 2. The number of carbonyl (C=O) groups is 2. The van der Waals surface area contributed by atoms with Gasteiger partial charge in [0.05, 0.1) is 18.2 Å². The maximum absolute atomic E-state index is 13.2. The van der Waals surface area contributed by atoms with E-state index in [1.165, 1.54) is 0 Å². The van der Waals surface area contributed by atoms with Crippen molar-refractivity contribution < 1.29 is 9.59 Å². The monoisotopic (exact) mass is 374 g/mol. The summed E-state index contributed by atoms with van der Waals surface area (Å²) in [6.07, 6.45) is 3.53. The number of pyridine rings is 1. The van der Waals surface area contributed by atoms with Gasteiger partial charge in [-0.05, 0) is 37.1 Å². The summed E-state index contributed by atoms with van der Waals surface area (Å²) in [5, 5.41) is 1.02. The Kier molecular flexibility index (Phi) is 4.11. The minimum absolute atomic E-state index is 0.0272. The lowest BCUT2D eigenvalue weighted by atomic mass is 9.94. The van der Waals surface area contributed by atoms with Gasteiger partial charge in [-0.15, -0.1) is 0 Å². The Morgan fingerprint density at radius 1 is 1.11 bits per heavy atom. The highest BCUT2D eigenvalue weighted by Crippen LogP contribution is 2.31. The van der Waals surface area contributed by atoms with Crippen LogP contribution in [0, 0.1) is 5.92 Å². The molecular formula is C22H22N4O2. The average Bonchev–Trinajstić information content (AvgIpc) is 2.98. The highest BCUT2D eigenvalue weighted by molar-refractivity contribution is 5.98. The summed E-state index contributed by atoms with van der Waals surface area (Å²) >= 11 is 0. The zero-order valence-electron chi connectivity index (χ0n) is 15.5. The van der Waals surface area contributed by atoms with Crippen molar-refractivity contribution in [2.24, 2.45) is 5.92 Å². The summed E-state index contributed by atoms with van der Waals surface area (Å²) in [5.41, 5.74) is 2.43. The third kappa shape index (κ3) is 2.95. The molecule has 6 rings (SSSR count). The number of hydrogen-bond donors (Lipinski definition) is 1. The van der Waals surface area contributed by atoms with Crippen molar-refractivity contribution in [1.82, 2.24) is 19.8 Å². The number of para-hydroxylation sites is 1. The molecule has 3 aliphatic heterocycles. The third-order valence-corrected chi connectivity index (χ3v) is 5.90. The maximum atomic E-state index is 13.2. The van der Waals surface area contributed by atoms with Gasteiger partial charge >= 0.3 is 0 Å². The van der Waals surface area contributed by atoms with Crippen LogP contribution in [0.3, 0.4) is 0 Å². The lowest BCUT2D eigenvalue weighted by Crippen LogP contribution is -2.47. The van der Waals surface area contributed by atoms with E-state index in [-0.39, 0.29) is 23.8 Å². The Labute approximate surface area is 163 Å². The van der Waals surface area contributed by atoms with Crippen molar-refractivity contribution in [2.45, 2.75) is 25.4 Å². The molecule has 142 valence electrons. The van der Waals surface area contributed by atoms with Crippen molar-refractivity contribution in [1.29, 1.82) is 0 Å². The zero-order valence-corrected chi connectivity index (χ0v) is 15.5. The van der Waals surface area contributed by atoms with Crippen molar-refractivity contribution >= 4 is 22.7 Å². The average molecular weight is 374 g/mol. The predicted octanol–water partition coefficient (Wildman–Crippen LogP) is 2.83. The van der Waals surface area contributed by atoms with Crippen LogP contribution in [0.25, 0.3) is 10.9 Å². The van der Waals surface area contributed by atoms with E-state index < -0.39 is 0 Å². The lowest BCUT2D eigenvalue weighted by Gasteiger charge is -2.35. The van der Waals surface area contributed by atoms with Gasteiger partial charge in [0.25, 0.3) is 5.91 Å². The van der Waals surface area contributed by atoms with Crippen LogP contribution in [-0.2, 0) is 11.3 Å². The lowest BCUT2D eigenvalue weighted by molar-refractivity contribution is -0.140. The van der Waals surface area contributed by atoms with E-state index in [1.54, 1.807) is 6.20 Å². The normalized spacial score (nSPS) is 21.9. The first-order chi connectivity index (χ1) is 13.7. The van der Waals surface area contributed by atoms with Crippen LogP contribution in [0.15, 0.2) is 54.7 Å². The summed E-state index contributed by atoms with van der Waals surface area (Å²) in [7, 11) is 0. The van der Waals surface area contributed by atoms with Crippen molar-refractivity contribution in [3.05, 3.63) is 66.1 Å². The third-order valence-electron chi connectivity index (χ3n) is 5.90. The molecule has 6 heteroatoms. The van der Waals surface area contributed by atoms with Crippen LogP contribution < -0.4 is 0 Å². The molecule has 6 nitrogen and oxygen atoms in total. The van der Waals surface area contributed by atoms with Crippen LogP contribution in [0.1, 0.15) is 29.0 Å². The van der Waals surface area contributed by atoms with Crippen molar-refractivity contribution in [3.8, 4) is 0 Å². The first kappa shape index (κ1) is 17.0. The molecule has 1 N–H and O–H groups in total. The largest absolute Gasteiger partial charge is 0.351 e. The molecule has 0 spiro atoms. The number of carbonyl (C=O) groups excluding carboxylic acids is 2. The molecule has 1 aromatic carbocycles. The second-order valence-corrected chi connectivity index (χ2v) is 7.70. The summed E-state index contributed by atoms with van der Waals surface area (Å²) in [5.74, 6) is -0.00905. The number of nitrogens with zero attached hydrogens (tertiary/aromatic N) is 3. The molecule has 3 aliphatic rings. The SMILES string of the molecule is O=C(c1cc2ccccc2[nH]1)N1CC2CCC(C1)N(Cc1ccccn1)C2=O. The molecule has 3 aromatic rings. The molecule has 5 heterocycles. The van der Waals surface area contributed by atoms with E-state index in [4.69, 9.17) is 0 Å². The van der Waals surface area contributed by atoms with Gasteiger partial charge < -0.3 is 14.8 Å². The topological polar surface area (TPSA) is 69.3 Å². The molecule has 0 aliphatic carbocycles. The Morgan fingerprint density at radius 3 is 2.79 bits per heavy atom. The summed E-state index contributed by atoms with van der Waals surface area (Å²) < 4.78 is 0. The van der Waals surface area contributed by atoms with E-state index >= 15 is 0 Å². The molecule has 0 radical (unpaired) electrons. The van der Waals surface area contributed by atoms with Crippen LogP contribution >= 0.6 is 0 Å². The number of amides is 2. The van der Waals surface area contributed by atoms with Crippen LogP contribution in [0.4, 0.5) is 0 Å². The number of fused-ring (bicyclic) bond motifs is 5. The molecule has 2 atom stereocenters. The molecule has 2 amide bonds. The number of benzene rings is 1. The molecular weight excluding hydrogens is 352 g/mol. The van der Waals surface area contributed by atoms with Gasteiger partial charge in [0.2, 0.25) is 5.91 Å². The quantitative estimate of drug-likeness (QED) is 0.766. The fourth-order valence-electron chi connectivity index (χ4n) is 4.44. The van der Waals surface area contributed by atoms with Crippen LogP contribution in [0.2, 0.25) is 0 Å². The first-order valence-electron chi connectivity index (χ1n) is 9.76. The fourth-order valence-corrected chi connectivity index (χ4v) is 4.44. The number of hydrogen-bond acceptors (Lipinski definition) is 3. The number of piperidine rings is 1. The first-order valence-corrected chi connectivity index (χ1v) is 9.76. The van der Waals surface area contributed by atoms with Crippen LogP contribution in [0.5, 0.6) is 0 Å². The van der Waals surface area contributed by atoms with Gasteiger partial charge in [0.15, 0.2) is 0 Å². The molecule has 28 heavy (non-hydrogen) atoms. The Bertz CT molecular complexity index is 996. The second kappa shape index (κ2) is 6.78. The summed E-state index contributed by atoms with van der Waals surface area (Å²) in [4.78, 5) is 37.5. The van der Waals surface area contributed by atoms with Crippen LogP contribution in [-0.4, -0.2) is 50.7 Å². The standard InChI is InChI=1S/C22H22N4O2/c27-21-16-8-9-18(26(21)13-17-6-3-4-10-23-17)14-25(12-16)22(28)20-11-15-5-1-2-7-19(15)24-20/h1-7,10-11,16,18,24H,8-9,12-14H2. The smallest absolute Gasteiger partial charge is 0.270 e. The number of nitrogens with one attached hydrogen (secondary N) is 1. The van der Waals surface area contributed by atoms with E-state index in [2.05, 4.69) is 9.97 Å². The summed E-state index contributed by atoms with van der Waals surface area (Å²) in [6.45, 7) is 1.57. The fraction of sp³-hybridized carbons (Fsp3) is 0.318. The number of rotatable bonds is 3. The molecule has 2 aromatic heterocycles. The Morgan fingerprint density at radius 2 is 1.96 bits per heavy atom. The molecule has 2 unspecified atom stereocenters. The molecule has 3 saturated heterocycles. The van der Waals surface area contributed by atoms with Gasteiger partial charge in [-0.3, -0.25) is 14.6 Å². The Balaban J connectivity index is 1.39. The van der Waals surface area contributed by atoms with E-state index in [0.717, 1.165) is 29.4 Å². The van der Waals surface area contributed by atoms with Gasteiger partial charge in [-0.25, -0.2) is 0 Å².